The van der Waals surface area contributed by atoms with Crippen LogP contribution in [0.3, 0.4) is 0 Å². The minimum atomic E-state index is -0.0526. The van der Waals surface area contributed by atoms with Gasteiger partial charge in [-0.2, -0.15) is 0 Å². The maximum Gasteiger partial charge on any atom is 0.104 e. The first-order chi connectivity index (χ1) is 6.33. The lowest BCUT2D eigenvalue weighted by Gasteiger charge is -2.37. The number of ether oxygens (including phenoxy) is 2. The largest absolute Gasteiger partial charge is 0.382 e. The normalized spacial score (nSPS) is 29.1. The van der Waals surface area contributed by atoms with Crippen LogP contribution in [0.25, 0.3) is 0 Å². The molecule has 0 amide bonds. The Morgan fingerprint density at radius 3 is 2.92 bits per heavy atom. The van der Waals surface area contributed by atoms with E-state index in [1.54, 1.807) is 7.11 Å². The van der Waals surface area contributed by atoms with E-state index in [1.807, 2.05) is 0 Å². The van der Waals surface area contributed by atoms with Gasteiger partial charge in [-0.05, 0) is 6.42 Å². The second-order valence-corrected chi connectivity index (χ2v) is 3.74. The van der Waals surface area contributed by atoms with Crippen LogP contribution < -0.4 is 5.32 Å². The number of nitrogens with one attached hydrogen (secondary N) is 1. The van der Waals surface area contributed by atoms with E-state index in [0.717, 1.165) is 26.1 Å². The monoisotopic (exact) mass is 187 g/mol. The molecule has 1 atom stereocenters. The molecule has 1 rings (SSSR count). The van der Waals surface area contributed by atoms with Gasteiger partial charge in [-0.3, -0.25) is 0 Å². The Morgan fingerprint density at radius 2 is 2.38 bits per heavy atom. The standard InChI is InChI=1S/C10H21NO2/c1-3-4-5-10(9-12-2)8-11-6-7-13-10/h11H,3-9H2,1-2H3. The van der Waals surface area contributed by atoms with Crippen molar-refractivity contribution in [3.8, 4) is 0 Å². The molecule has 0 aliphatic carbocycles. The van der Waals surface area contributed by atoms with Crippen molar-refractivity contribution in [2.75, 3.05) is 33.4 Å². The van der Waals surface area contributed by atoms with Crippen LogP contribution in [0.2, 0.25) is 0 Å². The summed E-state index contributed by atoms with van der Waals surface area (Å²) in [6.45, 7) is 5.63. The Labute approximate surface area is 80.8 Å². The Balaban J connectivity index is 2.40. The number of unbranched alkanes of at least 4 members (excludes halogenated alkanes) is 1. The van der Waals surface area contributed by atoms with Crippen LogP contribution in [-0.2, 0) is 9.47 Å². The molecule has 13 heavy (non-hydrogen) atoms. The molecule has 0 spiro atoms. The molecule has 0 aromatic rings. The first kappa shape index (κ1) is 11.0. The molecule has 78 valence electrons. The van der Waals surface area contributed by atoms with Crippen molar-refractivity contribution < 1.29 is 9.47 Å². The molecule has 1 fully saturated rings. The summed E-state index contributed by atoms with van der Waals surface area (Å²) in [6, 6.07) is 0. The van der Waals surface area contributed by atoms with Crippen molar-refractivity contribution >= 4 is 0 Å². The van der Waals surface area contributed by atoms with E-state index < -0.39 is 0 Å². The van der Waals surface area contributed by atoms with Gasteiger partial charge in [0, 0.05) is 20.2 Å². The Morgan fingerprint density at radius 1 is 1.54 bits per heavy atom. The quantitative estimate of drug-likeness (QED) is 0.701. The number of hydrogen-bond donors (Lipinski definition) is 1. The molecule has 1 saturated heterocycles. The second kappa shape index (κ2) is 5.58. The van der Waals surface area contributed by atoms with Gasteiger partial charge >= 0.3 is 0 Å². The Kier molecular flexibility index (Phi) is 4.70. The SMILES string of the molecule is CCCCC1(COC)CNCCO1. The lowest BCUT2D eigenvalue weighted by atomic mass is 9.96. The average molecular weight is 187 g/mol. The maximum absolute atomic E-state index is 5.82. The molecule has 1 heterocycles. The topological polar surface area (TPSA) is 30.5 Å². The highest BCUT2D eigenvalue weighted by molar-refractivity contribution is 4.86. The molecule has 3 nitrogen and oxygen atoms in total. The summed E-state index contributed by atoms with van der Waals surface area (Å²) >= 11 is 0. The van der Waals surface area contributed by atoms with Gasteiger partial charge in [0.15, 0.2) is 0 Å². The van der Waals surface area contributed by atoms with E-state index >= 15 is 0 Å². The molecule has 1 unspecified atom stereocenters. The Hall–Kier alpha value is -0.120. The van der Waals surface area contributed by atoms with Crippen LogP contribution in [0.4, 0.5) is 0 Å². The van der Waals surface area contributed by atoms with Gasteiger partial charge in [-0.25, -0.2) is 0 Å². The van der Waals surface area contributed by atoms with Crippen molar-refractivity contribution in [2.24, 2.45) is 0 Å². The molecule has 0 saturated carbocycles. The summed E-state index contributed by atoms with van der Waals surface area (Å²) in [5.74, 6) is 0. The predicted molar refractivity (Wildman–Crippen MR) is 53.0 cm³/mol. The fourth-order valence-corrected chi connectivity index (χ4v) is 1.79. The highest BCUT2D eigenvalue weighted by Crippen LogP contribution is 2.21. The van der Waals surface area contributed by atoms with Crippen LogP contribution in [0.5, 0.6) is 0 Å². The first-order valence-corrected chi connectivity index (χ1v) is 5.16. The maximum atomic E-state index is 5.82. The van der Waals surface area contributed by atoms with E-state index in [0.29, 0.717) is 6.61 Å². The van der Waals surface area contributed by atoms with Crippen molar-refractivity contribution in [2.45, 2.75) is 31.8 Å². The average Bonchev–Trinajstić information content (AvgIpc) is 2.17. The summed E-state index contributed by atoms with van der Waals surface area (Å²) in [4.78, 5) is 0. The molecular weight excluding hydrogens is 166 g/mol. The lowest BCUT2D eigenvalue weighted by Crippen LogP contribution is -2.52. The fraction of sp³-hybridized carbons (Fsp3) is 1.00. The molecule has 0 aromatic heterocycles. The van der Waals surface area contributed by atoms with Gasteiger partial charge in [0.05, 0.1) is 13.2 Å². The van der Waals surface area contributed by atoms with Crippen LogP contribution >= 0.6 is 0 Å². The highest BCUT2D eigenvalue weighted by Gasteiger charge is 2.32. The summed E-state index contributed by atoms with van der Waals surface area (Å²) in [6.07, 6.45) is 3.53. The highest BCUT2D eigenvalue weighted by atomic mass is 16.5. The van der Waals surface area contributed by atoms with Crippen LogP contribution in [0, 0.1) is 0 Å². The second-order valence-electron chi connectivity index (χ2n) is 3.74. The van der Waals surface area contributed by atoms with Crippen LogP contribution in [0.15, 0.2) is 0 Å². The van der Waals surface area contributed by atoms with Crippen molar-refractivity contribution in [1.29, 1.82) is 0 Å². The van der Waals surface area contributed by atoms with E-state index in [2.05, 4.69) is 12.2 Å². The van der Waals surface area contributed by atoms with Gasteiger partial charge in [0.25, 0.3) is 0 Å². The number of hydrogen-bond acceptors (Lipinski definition) is 3. The lowest BCUT2D eigenvalue weighted by molar-refractivity contribution is -0.110. The van der Waals surface area contributed by atoms with E-state index in [9.17, 15) is 0 Å². The first-order valence-electron chi connectivity index (χ1n) is 5.16. The fourth-order valence-electron chi connectivity index (χ4n) is 1.79. The summed E-state index contributed by atoms with van der Waals surface area (Å²) < 4.78 is 11.0. The Bertz CT molecular complexity index is 127. The van der Waals surface area contributed by atoms with Crippen molar-refractivity contribution in [1.82, 2.24) is 5.32 Å². The third-order valence-corrected chi connectivity index (χ3v) is 2.53. The van der Waals surface area contributed by atoms with Crippen molar-refractivity contribution in [3.63, 3.8) is 0 Å². The molecule has 1 aliphatic rings. The number of rotatable bonds is 5. The van der Waals surface area contributed by atoms with Gasteiger partial charge in [-0.1, -0.05) is 19.8 Å². The molecule has 3 heteroatoms. The molecule has 0 aromatic carbocycles. The molecule has 0 radical (unpaired) electrons. The van der Waals surface area contributed by atoms with Gasteiger partial charge in [0.2, 0.25) is 0 Å². The zero-order valence-corrected chi connectivity index (χ0v) is 8.77. The van der Waals surface area contributed by atoms with Gasteiger partial charge in [0.1, 0.15) is 5.60 Å². The van der Waals surface area contributed by atoms with Gasteiger partial charge in [-0.15, -0.1) is 0 Å². The zero-order chi connectivity index (χ0) is 9.57. The smallest absolute Gasteiger partial charge is 0.104 e. The third kappa shape index (κ3) is 3.25. The molecule has 1 aliphatic heterocycles. The summed E-state index contributed by atoms with van der Waals surface area (Å²) in [5, 5.41) is 3.36. The summed E-state index contributed by atoms with van der Waals surface area (Å²) in [7, 11) is 1.74. The molecule has 0 bridgehead atoms. The van der Waals surface area contributed by atoms with Gasteiger partial charge < -0.3 is 14.8 Å². The number of morpholine rings is 1. The summed E-state index contributed by atoms with van der Waals surface area (Å²) in [5.41, 5.74) is -0.0526. The molecular formula is C10H21NO2. The molecule has 1 N–H and O–H groups in total. The minimum Gasteiger partial charge on any atom is -0.382 e. The van der Waals surface area contributed by atoms with E-state index in [1.165, 1.54) is 12.8 Å². The van der Waals surface area contributed by atoms with Crippen molar-refractivity contribution in [3.05, 3.63) is 0 Å². The van der Waals surface area contributed by atoms with Crippen LogP contribution in [0.1, 0.15) is 26.2 Å². The third-order valence-electron chi connectivity index (χ3n) is 2.53. The van der Waals surface area contributed by atoms with E-state index in [-0.39, 0.29) is 5.60 Å². The predicted octanol–water partition coefficient (Wildman–Crippen LogP) is 1.18. The number of methoxy groups -OCH3 is 1. The zero-order valence-electron chi connectivity index (χ0n) is 8.77. The minimum absolute atomic E-state index is 0.0526. The van der Waals surface area contributed by atoms with E-state index in [4.69, 9.17) is 9.47 Å². The van der Waals surface area contributed by atoms with Crippen LogP contribution in [-0.4, -0.2) is 39.0 Å².